The van der Waals surface area contributed by atoms with Crippen LogP contribution in [0.15, 0.2) is 48.5 Å². The second kappa shape index (κ2) is 5.88. The van der Waals surface area contributed by atoms with Gasteiger partial charge in [-0.25, -0.2) is 4.31 Å². The van der Waals surface area contributed by atoms with Crippen LogP contribution in [0.4, 0.5) is 11.4 Å². The molecule has 0 atom stereocenters. The molecular formula is C16H18N2O3S. The van der Waals surface area contributed by atoms with Crippen molar-refractivity contribution >= 4 is 21.6 Å². The summed E-state index contributed by atoms with van der Waals surface area (Å²) in [5.41, 5.74) is 2.15. The van der Waals surface area contributed by atoms with Gasteiger partial charge in [0.1, 0.15) is 12.4 Å². The first kappa shape index (κ1) is 14.7. The third-order valence-corrected chi connectivity index (χ3v) is 5.05. The maximum Gasteiger partial charge on any atom is 0.324 e. The van der Waals surface area contributed by atoms with Crippen molar-refractivity contribution in [3.63, 3.8) is 0 Å². The van der Waals surface area contributed by atoms with E-state index >= 15 is 0 Å². The lowest BCUT2D eigenvalue weighted by atomic mass is 10.1. The summed E-state index contributed by atoms with van der Waals surface area (Å²) in [5.74, 6) is 0.586. The zero-order valence-electron chi connectivity index (χ0n) is 12.3. The van der Waals surface area contributed by atoms with Gasteiger partial charge in [-0.2, -0.15) is 8.42 Å². The van der Waals surface area contributed by atoms with Gasteiger partial charge in [0.05, 0.1) is 17.9 Å². The quantitative estimate of drug-likeness (QED) is 0.943. The maximum absolute atomic E-state index is 12.7. The largest absolute Gasteiger partial charge is 0.489 e. The van der Waals surface area contributed by atoms with Crippen LogP contribution < -0.4 is 13.8 Å². The first-order chi connectivity index (χ1) is 10.6. The van der Waals surface area contributed by atoms with E-state index in [2.05, 4.69) is 4.72 Å². The summed E-state index contributed by atoms with van der Waals surface area (Å²) in [5, 5.41) is 0. The number of rotatable bonds is 4. The highest BCUT2D eigenvalue weighted by Crippen LogP contribution is 2.33. The first-order valence-corrected chi connectivity index (χ1v) is 8.66. The molecule has 6 heteroatoms. The lowest BCUT2D eigenvalue weighted by Gasteiger charge is -2.30. The number of aryl methyl sites for hydroxylation is 1. The number of hydrogen-bond donors (Lipinski definition) is 1. The Labute approximate surface area is 130 Å². The molecule has 1 aliphatic heterocycles. The minimum Gasteiger partial charge on any atom is -0.489 e. The van der Waals surface area contributed by atoms with E-state index in [-0.39, 0.29) is 0 Å². The van der Waals surface area contributed by atoms with Crippen LogP contribution in [0.1, 0.15) is 12.5 Å². The normalized spacial score (nSPS) is 14.1. The highest BCUT2D eigenvalue weighted by atomic mass is 32.2. The number of nitrogens with zero attached hydrogens (tertiary/aromatic N) is 1. The van der Waals surface area contributed by atoms with Gasteiger partial charge in [-0.05, 0) is 30.2 Å². The highest BCUT2D eigenvalue weighted by Gasteiger charge is 2.28. The highest BCUT2D eigenvalue weighted by molar-refractivity contribution is 7.94. The van der Waals surface area contributed by atoms with Crippen molar-refractivity contribution in [2.24, 2.45) is 0 Å². The Kier molecular flexibility index (Phi) is 3.94. The lowest BCUT2D eigenvalue weighted by Crippen LogP contribution is -2.41. The lowest BCUT2D eigenvalue weighted by molar-refractivity contribution is 0.316. The fraction of sp³-hybridized carbons (Fsp3) is 0.250. The minimum atomic E-state index is -3.68. The number of hydrogen-bond acceptors (Lipinski definition) is 3. The van der Waals surface area contributed by atoms with Crippen LogP contribution >= 0.6 is 0 Å². The third-order valence-electron chi connectivity index (χ3n) is 3.61. The summed E-state index contributed by atoms with van der Waals surface area (Å²) in [7, 11) is -3.68. The van der Waals surface area contributed by atoms with E-state index in [9.17, 15) is 8.42 Å². The molecule has 0 spiro atoms. The average Bonchev–Trinajstić information content (AvgIpc) is 2.54. The predicted octanol–water partition coefficient (Wildman–Crippen LogP) is 2.80. The third kappa shape index (κ3) is 2.74. The van der Waals surface area contributed by atoms with Crippen LogP contribution in [0.2, 0.25) is 0 Å². The number of para-hydroxylation sites is 3. The number of benzene rings is 2. The second-order valence-corrected chi connectivity index (χ2v) is 6.60. The molecule has 116 valence electrons. The number of ether oxygens (including phenoxy) is 1. The molecule has 0 unspecified atom stereocenters. The molecule has 22 heavy (non-hydrogen) atoms. The predicted molar refractivity (Wildman–Crippen MR) is 87.6 cm³/mol. The van der Waals surface area contributed by atoms with E-state index in [1.807, 2.05) is 31.2 Å². The Morgan fingerprint density at radius 1 is 1.14 bits per heavy atom. The Morgan fingerprint density at radius 2 is 1.86 bits per heavy atom. The average molecular weight is 318 g/mol. The topological polar surface area (TPSA) is 58.6 Å². The second-order valence-electron chi connectivity index (χ2n) is 5.01. The summed E-state index contributed by atoms with van der Waals surface area (Å²) in [6.07, 6.45) is 0.762. The Hall–Kier alpha value is -2.21. The molecule has 2 aromatic rings. The van der Waals surface area contributed by atoms with Gasteiger partial charge in [-0.3, -0.25) is 4.72 Å². The molecule has 5 nitrogen and oxygen atoms in total. The zero-order chi connectivity index (χ0) is 15.6. The van der Waals surface area contributed by atoms with Crippen molar-refractivity contribution in [3.8, 4) is 5.75 Å². The molecule has 1 heterocycles. The van der Waals surface area contributed by atoms with Gasteiger partial charge in [0.2, 0.25) is 0 Å². The molecule has 0 aromatic heterocycles. The SMILES string of the molecule is CCc1ccccc1NS(=O)(=O)N1CCOc2ccccc21. The molecule has 2 aromatic carbocycles. The maximum atomic E-state index is 12.7. The molecule has 0 amide bonds. The van der Waals surface area contributed by atoms with E-state index < -0.39 is 10.2 Å². The van der Waals surface area contributed by atoms with Crippen molar-refractivity contribution in [1.82, 2.24) is 0 Å². The molecule has 1 aliphatic rings. The van der Waals surface area contributed by atoms with Gasteiger partial charge in [-0.1, -0.05) is 37.3 Å². The van der Waals surface area contributed by atoms with Crippen LogP contribution in [0.3, 0.4) is 0 Å². The molecule has 0 fully saturated rings. The summed E-state index contributed by atoms with van der Waals surface area (Å²) < 4.78 is 35.1. The first-order valence-electron chi connectivity index (χ1n) is 7.22. The van der Waals surface area contributed by atoms with E-state index in [0.717, 1.165) is 12.0 Å². The monoisotopic (exact) mass is 318 g/mol. The van der Waals surface area contributed by atoms with Gasteiger partial charge < -0.3 is 4.74 Å². The van der Waals surface area contributed by atoms with Gasteiger partial charge >= 0.3 is 10.2 Å². The molecular weight excluding hydrogens is 300 g/mol. The van der Waals surface area contributed by atoms with E-state index in [1.165, 1.54) is 4.31 Å². The van der Waals surface area contributed by atoms with Gasteiger partial charge in [0, 0.05) is 0 Å². The molecule has 0 aliphatic carbocycles. The van der Waals surface area contributed by atoms with Crippen molar-refractivity contribution in [1.29, 1.82) is 0 Å². The van der Waals surface area contributed by atoms with Crippen LogP contribution in [0.5, 0.6) is 5.75 Å². The fourth-order valence-corrected chi connectivity index (χ4v) is 3.83. The van der Waals surface area contributed by atoms with Crippen molar-refractivity contribution in [3.05, 3.63) is 54.1 Å². The number of fused-ring (bicyclic) bond motifs is 1. The van der Waals surface area contributed by atoms with Crippen LogP contribution in [0.25, 0.3) is 0 Å². The Balaban J connectivity index is 1.94. The Morgan fingerprint density at radius 3 is 2.68 bits per heavy atom. The van der Waals surface area contributed by atoms with Crippen molar-refractivity contribution in [2.45, 2.75) is 13.3 Å². The molecule has 0 saturated carbocycles. The molecule has 3 rings (SSSR count). The molecule has 0 saturated heterocycles. The number of nitrogens with one attached hydrogen (secondary N) is 1. The summed E-state index contributed by atoms with van der Waals surface area (Å²) in [4.78, 5) is 0. The summed E-state index contributed by atoms with van der Waals surface area (Å²) in [6.45, 7) is 2.63. The van der Waals surface area contributed by atoms with E-state index in [1.54, 1.807) is 24.3 Å². The van der Waals surface area contributed by atoms with E-state index in [0.29, 0.717) is 30.3 Å². The molecule has 0 bridgehead atoms. The minimum absolute atomic E-state index is 0.292. The smallest absolute Gasteiger partial charge is 0.324 e. The number of anilines is 2. The van der Waals surface area contributed by atoms with Crippen LogP contribution in [0, 0.1) is 0 Å². The van der Waals surface area contributed by atoms with Crippen molar-refractivity contribution in [2.75, 3.05) is 22.2 Å². The van der Waals surface area contributed by atoms with E-state index in [4.69, 9.17) is 4.74 Å². The standard InChI is InChI=1S/C16H18N2O3S/c1-2-13-7-3-4-8-14(13)17-22(19,20)18-11-12-21-16-10-6-5-9-15(16)18/h3-10,17H,2,11-12H2,1H3. The summed E-state index contributed by atoms with van der Waals surface area (Å²) in [6, 6.07) is 14.6. The van der Waals surface area contributed by atoms with Gasteiger partial charge in [-0.15, -0.1) is 0 Å². The molecule has 1 N–H and O–H groups in total. The van der Waals surface area contributed by atoms with Gasteiger partial charge in [0.25, 0.3) is 0 Å². The van der Waals surface area contributed by atoms with Crippen LogP contribution in [-0.4, -0.2) is 21.6 Å². The van der Waals surface area contributed by atoms with Crippen molar-refractivity contribution < 1.29 is 13.2 Å². The summed E-state index contributed by atoms with van der Waals surface area (Å²) >= 11 is 0. The zero-order valence-corrected chi connectivity index (χ0v) is 13.1. The van der Waals surface area contributed by atoms with Crippen LogP contribution in [-0.2, 0) is 16.6 Å². The molecule has 0 radical (unpaired) electrons. The fourth-order valence-electron chi connectivity index (χ4n) is 2.52. The van der Waals surface area contributed by atoms with Gasteiger partial charge in [0.15, 0.2) is 0 Å². The Bertz CT molecular complexity index is 774.